The van der Waals surface area contributed by atoms with Crippen LogP contribution in [0.3, 0.4) is 0 Å². The predicted molar refractivity (Wildman–Crippen MR) is 114 cm³/mol. The van der Waals surface area contributed by atoms with Crippen LogP contribution in [0.4, 0.5) is 10.8 Å². The minimum atomic E-state index is -0.566. The molecule has 29 heavy (non-hydrogen) atoms. The summed E-state index contributed by atoms with van der Waals surface area (Å²) in [7, 11) is 0. The van der Waals surface area contributed by atoms with Gasteiger partial charge in [0.1, 0.15) is 5.75 Å². The zero-order valence-corrected chi connectivity index (χ0v) is 17.0. The van der Waals surface area contributed by atoms with Gasteiger partial charge >= 0.3 is 0 Å². The first-order valence-electron chi connectivity index (χ1n) is 9.41. The lowest BCUT2D eigenvalue weighted by molar-refractivity contribution is -0.125. The normalized spacial score (nSPS) is 15.6. The van der Waals surface area contributed by atoms with Crippen molar-refractivity contribution in [1.82, 2.24) is 4.98 Å². The van der Waals surface area contributed by atoms with E-state index < -0.39 is 6.10 Å². The Kier molecular flexibility index (Phi) is 5.31. The summed E-state index contributed by atoms with van der Waals surface area (Å²) in [5, 5.41) is 5.30. The molecule has 1 aliphatic heterocycles. The number of aryl methyl sites for hydroxylation is 1. The first kappa shape index (κ1) is 19.1. The number of fused-ring (bicyclic) bond motifs is 1. The maximum Gasteiger partial charge on any atom is 0.267 e. The number of amides is 2. The van der Waals surface area contributed by atoms with Crippen LogP contribution in [0.5, 0.6) is 5.75 Å². The molecule has 148 valence electrons. The lowest BCUT2D eigenvalue weighted by atomic mass is 10.1. The third-order valence-electron chi connectivity index (χ3n) is 4.73. The monoisotopic (exact) mass is 407 g/mol. The van der Waals surface area contributed by atoms with Gasteiger partial charge in [-0.15, -0.1) is 11.3 Å². The maximum atomic E-state index is 12.5. The van der Waals surface area contributed by atoms with E-state index in [-0.39, 0.29) is 24.8 Å². The molecule has 0 spiro atoms. The standard InChI is InChI=1S/C22H21N3O3S/c1-14-7-9-16(10-8-14)17-13-29-22(23-17)24-20(26)11-12-25-18-5-3-4-6-19(18)28-15(2)21(25)27/h3-10,13,15H,11-12H2,1-2H3,(H,23,24,26)/t15-/m1/s1. The number of nitrogens with one attached hydrogen (secondary N) is 1. The van der Waals surface area contributed by atoms with E-state index in [9.17, 15) is 9.59 Å². The molecule has 1 atom stereocenters. The van der Waals surface area contributed by atoms with Crippen LogP contribution in [-0.2, 0) is 9.59 Å². The summed E-state index contributed by atoms with van der Waals surface area (Å²) >= 11 is 1.38. The Labute approximate surface area is 173 Å². The zero-order valence-electron chi connectivity index (χ0n) is 16.2. The maximum absolute atomic E-state index is 12.5. The van der Waals surface area contributed by atoms with Crippen LogP contribution in [0.25, 0.3) is 11.3 Å². The average molecular weight is 407 g/mol. The molecule has 6 nitrogen and oxygen atoms in total. The van der Waals surface area contributed by atoms with Crippen molar-refractivity contribution in [3.05, 3.63) is 59.5 Å². The molecule has 1 N–H and O–H groups in total. The van der Waals surface area contributed by atoms with Gasteiger partial charge in [-0.1, -0.05) is 42.0 Å². The van der Waals surface area contributed by atoms with Crippen LogP contribution in [0.2, 0.25) is 0 Å². The van der Waals surface area contributed by atoms with Gasteiger partial charge in [0, 0.05) is 23.9 Å². The van der Waals surface area contributed by atoms with E-state index in [0.29, 0.717) is 16.6 Å². The lowest BCUT2D eigenvalue weighted by Gasteiger charge is -2.32. The first-order chi connectivity index (χ1) is 14.0. The van der Waals surface area contributed by atoms with Crippen LogP contribution in [0.1, 0.15) is 18.9 Å². The molecular formula is C22H21N3O3S. The van der Waals surface area contributed by atoms with E-state index >= 15 is 0 Å². The highest BCUT2D eigenvalue weighted by Gasteiger charge is 2.31. The van der Waals surface area contributed by atoms with Crippen molar-refractivity contribution in [3.8, 4) is 17.0 Å². The summed E-state index contributed by atoms with van der Waals surface area (Å²) in [6.07, 6.45) is -0.393. The molecule has 0 unspecified atom stereocenters. The number of rotatable bonds is 5. The fourth-order valence-electron chi connectivity index (χ4n) is 3.17. The number of benzene rings is 2. The Morgan fingerprint density at radius 3 is 2.76 bits per heavy atom. The van der Waals surface area contributed by atoms with Gasteiger partial charge in [0.05, 0.1) is 11.4 Å². The number of aromatic nitrogens is 1. The summed E-state index contributed by atoms with van der Waals surface area (Å²) in [4.78, 5) is 31.0. The molecule has 2 amide bonds. The predicted octanol–water partition coefficient (Wildman–Crippen LogP) is 4.26. The largest absolute Gasteiger partial charge is 0.479 e. The van der Waals surface area contributed by atoms with Crippen molar-refractivity contribution in [3.63, 3.8) is 0 Å². The third kappa shape index (κ3) is 4.14. The van der Waals surface area contributed by atoms with Gasteiger partial charge in [0.25, 0.3) is 5.91 Å². The molecule has 0 aliphatic carbocycles. The molecular weight excluding hydrogens is 386 g/mol. The molecule has 2 heterocycles. The van der Waals surface area contributed by atoms with Gasteiger partial charge in [-0.3, -0.25) is 9.59 Å². The quantitative estimate of drug-likeness (QED) is 0.686. The van der Waals surface area contributed by atoms with Crippen LogP contribution in [0, 0.1) is 6.92 Å². The topological polar surface area (TPSA) is 71.5 Å². The summed E-state index contributed by atoms with van der Waals surface area (Å²) in [5.74, 6) is 0.328. The first-order valence-corrected chi connectivity index (χ1v) is 10.3. The number of hydrogen-bond donors (Lipinski definition) is 1. The van der Waals surface area contributed by atoms with E-state index in [2.05, 4.69) is 10.3 Å². The van der Waals surface area contributed by atoms with Crippen molar-refractivity contribution >= 4 is 34.0 Å². The summed E-state index contributed by atoms with van der Waals surface area (Å²) in [5.41, 5.74) is 3.72. The van der Waals surface area contributed by atoms with Crippen LogP contribution < -0.4 is 15.0 Å². The number of para-hydroxylation sites is 2. The van der Waals surface area contributed by atoms with Gasteiger partial charge in [0.2, 0.25) is 5.91 Å². The molecule has 3 aromatic rings. The molecule has 0 saturated heterocycles. The highest BCUT2D eigenvalue weighted by molar-refractivity contribution is 7.14. The fraction of sp³-hybridized carbons (Fsp3) is 0.227. The van der Waals surface area contributed by atoms with Gasteiger partial charge in [-0.05, 0) is 26.0 Å². The number of carbonyl (C=O) groups excluding carboxylic acids is 2. The summed E-state index contributed by atoms with van der Waals surface area (Å²) in [6.45, 7) is 4.04. The number of hydrogen-bond acceptors (Lipinski definition) is 5. The van der Waals surface area contributed by atoms with Crippen molar-refractivity contribution in [2.75, 3.05) is 16.8 Å². The number of ether oxygens (including phenoxy) is 1. The highest BCUT2D eigenvalue weighted by atomic mass is 32.1. The SMILES string of the molecule is Cc1ccc(-c2csc(NC(=O)CCN3C(=O)[C@@H](C)Oc4ccccc43)n2)cc1. The minimum absolute atomic E-state index is 0.146. The second kappa shape index (κ2) is 8.05. The van der Waals surface area contributed by atoms with Crippen molar-refractivity contribution in [2.45, 2.75) is 26.4 Å². The molecule has 0 fully saturated rings. The molecule has 4 rings (SSSR count). The third-order valence-corrected chi connectivity index (χ3v) is 5.49. The highest BCUT2D eigenvalue weighted by Crippen LogP contribution is 2.33. The smallest absolute Gasteiger partial charge is 0.267 e. The van der Waals surface area contributed by atoms with Crippen molar-refractivity contribution < 1.29 is 14.3 Å². The van der Waals surface area contributed by atoms with Crippen LogP contribution >= 0.6 is 11.3 Å². The van der Waals surface area contributed by atoms with Gasteiger partial charge in [-0.25, -0.2) is 4.98 Å². The van der Waals surface area contributed by atoms with Gasteiger partial charge in [-0.2, -0.15) is 0 Å². The minimum Gasteiger partial charge on any atom is -0.479 e. The molecule has 0 radical (unpaired) electrons. The second-order valence-corrected chi connectivity index (χ2v) is 7.78. The van der Waals surface area contributed by atoms with Gasteiger partial charge < -0.3 is 15.0 Å². The van der Waals surface area contributed by atoms with Crippen LogP contribution in [-0.4, -0.2) is 29.4 Å². The molecule has 1 aromatic heterocycles. The number of carbonyl (C=O) groups is 2. The van der Waals surface area contributed by atoms with E-state index in [0.717, 1.165) is 11.3 Å². The van der Waals surface area contributed by atoms with E-state index in [1.165, 1.54) is 16.9 Å². The molecule has 7 heteroatoms. The molecule has 0 bridgehead atoms. The fourth-order valence-corrected chi connectivity index (χ4v) is 3.91. The molecule has 1 aliphatic rings. The summed E-state index contributed by atoms with van der Waals surface area (Å²) < 4.78 is 5.63. The van der Waals surface area contributed by atoms with Crippen molar-refractivity contribution in [1.29, 1.82) is 0 Å². The number of nitrogens with zero attached hydrogens (tertiary/aromatic N) is 2. The lowest BCUT2D eigenvalue weighted by Crippen LogP contribution is -2.45. The van der Waals surface area contributed by atoms with E-state index in [1.54, 1.807) is 11.8 Å². The molecule has 2 aromatic carbocycles. The Morgan fingerprint density at radius 2 is 1.97 bits per heavy atom. The Bertz CT molecular complexity index is 1050. The Balaban J connectivity index is 1.39. The Hall–Kier alpha value is -3.19. The van der Waals surface area contributed by atoms with Crippen molar-refractivity contribution in [2.24, 2.45) is 0 Å². The number of thiazole rings is 1. The Morgan fingerprint density at radius 1 is 1.21 bits per heavy atom. The zero-order chi connectivity index (χ0) is 20.4. The summed E-state index contributed by atoms with van der Waals surface area (Å²) in [6, 6.07) is 15.5. The number of anilines is 2. The average Bonchev–Trinajstić information content (AvgIpc) is 3.17. The second-order valence-electron chi connectivity index (χ2n) is 6.92. The van der Waals surface area contributed by atoms with Gasteiger partial charge in [0.15, 0.2) is 11.2 Å². The van der Waals surface area contributed by atoms with E-state index in [1.807, 2.05) is 60.8 Å². The molecule has 0 saturated carbocycles. The van der Waals surface area contributed by atoms with Crippen LogP contribution in [0.15, 0.2) is 53.9 Å². The van der Waals surface area contributed by atoms with E-state index in [4.69, 9.17) is 4.74 Å².